The first-order valence-corrected chi connectivity index (χ1v) is 5.07. The van der Waals surface area contributed by atoms with E-state index in [9.17, 15) is 5.11 Å². The van der Waals surface area contributed by atoms with Crippen LogP contribution in [0.15, 0.2) is 18.3 Å². The monoisotopic (exact) mass is 221 g/mol. The van der Waals surface area contributed by atoms with E-state index in [0.29, 0.717) is 22.9 Å². The third kappa shape index (κ3) is 1.16. The first kappa shape index (κ1) is 8.80. The average molecular weight is 222 g/mol. The van der Waals surface area contributed by atoms with Gasteiger partial charge in [-0.05, 0) is 6.07 Å². The summed E-state index contributed by atoms with van der Waals surface area (Å²) >= 11 is 6.12. The van der Waals surface area contributed by atoms with Gasteiger partial charge in [0.1, 0.15) is 0 Å². The lowest BCUT2D eigenvalue weighted by molar-refractivity contribution is 0.335. The van der Waals surface area contributed by atoms with Crippen LogP contribution in [0.3, 0.4) is 0 Å². The Morgan fingerprint density at radius 3 is 3.20 bits per heavy atom. The number of fused-ring (bicyclic) bond motifs is 3. The Balaban J connectivity index is 2.50. The van der Waals surface area contributed by atoms with Gasteiger partial charge in [-0.1, -0.05) is 11.6 Å². The largest absolute Gasteiger partial charge is 0.504 e. The molecule has 2 heterocycles. The van der Waals surface area contributed by atoms with Gasteiger partial charge in [0.25, 0.3) is 0 Å². The van der Waals surface area contributed by atoms with Crippen LogP contribution in [-0.2, 0) is 6.42 Å². The molecule has 76 valence electrons. The summed E-state index contributed by atoms with van der Waals surface area (Å²) in [4.78, 5) is 4.18. The first-order chi connectivity index (χ1) is 7.27. The van der Waals surface area contributed by atoms with Crippen LogP contribution in [0.25, 0.3) is 10.9 Å². The Morgan fingerprint density at radius 1 is 1.47 bits per heavy atom. The van der Waals surface area contributed by atoms with Gasteiger partial charge in [0.2, 0.25) is 0 Å². The number of hydrogen-bond donors (Lipinski definition) is 1. The highest BCUT2D eigenvalue weighted by Crippen LogP contribution is 2.41. The number of halogens is 1. The average Bonchev–Trinajstić information content (AvgIpc) is 2.66. The van der Waals surface area contributed by atoms with Crippen molar-refractivity contribution in [1.82, 2.24) is 4.98 Å². The third-order valence-corrected chi connectivity index (χ3v) is 2.92. The van der Waals surface area contributed by atoms with Gasteiger partial charge in [0.15, 0.2) is 11.5 Å². The van der Waals surface area contributed by atoms with Crippen molar-refractivity contribution in [2.24, 2.45) is 0 Å². The number of hydrogen-bond acceptors (Lipinski definition) is 3. The molecule has 0 spiro atoms. The summed E-state index contributed by atoms with van der Waals surface area (Å²) in [6, 6.07) is 3.34. The maximum atomic E-state index is 9.71. The Kier molecular flexibility index (Phi) is 1.76. The van der Waals surface area contributed by atoms with Crippen molar-refractivity contribution >= 4 is 22.5 Å². The highest BCUT2D eigenvalue weighted by Gasteiger charge is 2.21. The molecule has 1 aliphatic heterocycles. The topological polar surface area (TPSA) is 42.4 Å². The summed E-state index contributed by atoms with van der Waals surface area (Å²) in [6.45, 7) is 0.591. The van der Waals surface area contributed by atoms with Crippen molar-refractivity contribution in [3.05, 3.63) is 28.9 Å². The predicted molar refractivity (Wildman–Crippen MR) is 57.6 cm³/mol. The normalized spacial score (nSPS) is 13.9. The number of rotatable bonds is 0. The molecule has 0 radical (unpaired) electrons. The maximum Gasteiger partial charge on any atom is 0.165 e. The van der Waals surface area contributed by atoms with Crippen LogP contribution in [-0.4, -0.2) is 16.7 Å². The van der Waals surface area contributed by atoms with E-state index in [2.05, 4.69) is 4.98 Å². The zero-order valence-electron chi connectivity index (χ0n) is 7.83. The lowest BCUT2D eigenvalue weighted by Crippen LogP contribution is -1.86. The van der Waals surface area contributed by atoms with Gasteiger partial charge < -0.3 is 9.84 Å². The molecule has 1 N–H and O–H groups in total. The smallest absolute Gasteiger partial charge is 0.165 e. The van der Waals surface area contributed by atoms with E-state index in [1.165, 1.54) is 0 Å². The Morgan fingerprint density at radius 2 is 2.33 bits per heavy atom. The van der Waals surface area contributed by atoms with Crippen LogP contribution in [0.1, 0.15) is 5.56 Å². The van der Waals surface area contributed by atoms with Crippen LogP contribution >= 0.6 is 11.6 Å². The van der Waals surface area contributed by atoms with Crippen LogP contribution in [0.2, 0.25) is 5.02 Å². The predicted octanol–water partition coefficient (Wildman–Crippen LogP) is 2.53. The van der Waals surface area contributed by atoms with Gasteiger partial charge in [0.05, 0.1) is 17.1 Å². The van der Waals surface area contributed by atoms with E-state index in [0.717, 1.165) is 17.4 Å². The summed E-state index contributed by atoms with van der Waals surface area (Å²) in [6.07, 6.45) is 2.40. The quantitative estimate of drug-likeness (QED) is 0.743. The van der Waals surface area contributed by atoms with Crippen molar-refractivity contribution in [2.75, 3.05) is 6.61 Å². The molecule has 0 atom stereocenters. The molecule has 0 amide bonds. The molecule has 0 saturated heterocycles. The van der Waals surface area contributed by atoms with Gasteiger partial charge in [-0.25, -0.2) is 0 Å². The molecule has 0 unspecified atom stereocenters. The minimum atomic E-state index is 0.143. The SMILES string of the molecule is Oc1cc2nccc(Cl)c2c2c1OCC2. The van der Waals surface area contributed by atoms with Crippen molar-refractivity contribution in [2.45, 2.75) is 6.42 Å². The third-order valence-electron chi connectivity index (χ3n) is 2.61. The lowest BCUT2D eigenvalue weighted by atomic mass is 10.1. The first-order valence-electron chi connectivity index (χ1n) is 4.69. The van der Waals surface area contributed by atoms with E-state index < -0.39 is 0 Å². The van der Waals surface area contributed by atoms with E-state index in [1.807, 2.05) is 0 Å². The summed E-state index contributed by atoms with van der Waals surface area (Å²) in [5.41, 5.74) is 1.67. The fourth-order valence-electron chi connectivity index (χ4n) is 1.98. The van der Waals surface area contributed by atoms with Gasteiger partial charge in [-0.15, -0.1) is 0 Å². The summed E-state index contributed by atoms with van der Waals surface area (Å²) in [5.74, 6) is 0.696. The Labute approximate surface area is 91.3 Å². The Bertz CT molecular complexity index is 554. The minimum absolute atomic E-state index is 0.143. The van der Waals surface area contributed by atoms with Crippen LogP contribution in [0.5, 0.6) is 11.5 Å². The minimum Gasteiger partial charge on any atom is -0.504 e. The van der Waals surface area contributed by atoms with Gasteiger partial charge in [-0.2, -0.15) is 0 Å². The number of phenols is 1. The maximum absolute atomic E-state index is 9.71. The van der Waals surface area contributed by atoms with Crippen LogP contribution < -0.4 is 4.74 Å². The van der Waals surface area contributed by atoms with Crippen molar-refractivity contribution < 1.29 is 9.84 Å². The van der Waals surface area contributed by atoms with Crippen LogP contribution in [0.4, 0.5) is 0 Å². The molecular weight excluding hydrogens is 214 g/mol. The number of benzene rings is 1. The lowest BCUT2D eigenvalue weighted by Gasteiger charge is -2.07. The standard InChI is InChI=1S/C11H8ClNO2/c12-7-1-3-13-8-5-9(14)11-6(10(7)8)2-4-15-11/h1,3,5,14H,2,4H2. The number of aromatic nitrogens is 1. The molecule has 0 aliphatic carbocycles. The fraction of sp³-hybridized carbons (Fsp3) is 0.182. The van der Waals surface area contributed by atoms with Gasteiger partial charge >= 0.3 is 0 Å². The van der Waals surface area contributed by atoms with Crippen molar-refractivity contribution in [1.29, 1.82) is 0 Å². The summed E-state index contributed by atoms with van der Waals surface area (Å²) in [7, 11) is 0. The molecule has 0 fully saturated rings. The second-order valence-corrected chi connectivity index (χ2v) is 3.90. The highest BCUT2D eigenvalue weighted by atomic mass is 35.5. The van der Waals surface area contributed by atoms with E-state index in [-0.39, 0.29) is 5.75 Å². The molecular formula is C11H8ClNO2. The van der Waals surface area contributed by atoms with Crippen molar-refractivity contribution in [3.63, 3.8) is 0 Å². The molecule has 3 nitrogen and oxygen atoms in total. The number of phenolic OH excluding ortho intramolecular Hbond substituents is 1. The molecule has 0 bridgehead atoms. The fourth-order valence-corrected chi connectivity index (χ4v) is 2.25. The van der Waals surface area contributed by atoms with Crippen LogP contribution in [0, 0.1) is 0 Å². The molecule has 4 heteroatoms. The summed E-state index contributed by atoms with van der Waals surface area (Å²) < 4.78 is 5.36. The molecule has 15 heavy (non-hydrogen) atoms. The molecule has 1 aromatic carbocycles. The number of aromatic hydroxyl groups is 1. The second kappa shape index (κ2) is 3.00. The van der Waals surface area contributed by atoms with E-state index >= 15 is 0 Å². The van der Waals surface area contributed by atoms with Crippen molar-refractivity contribution in [3.8, 4) is 11.5 Å². The molecule has 3 rings (SSSR count). The molecule has 2 aromatic rings. The number of ether oxygens (including phenoxy) is 1. The summed E-state index contributed by atoms with van der Waals surface area (Å²) in [5, 5.41) is 11.3. The second-order valence-electron chi connectivity index (χ2n) is 3.49. The number of nitrogens with zero attached hydrogens (tertiary/aromatic N) is 1. The molecule has 0 saturated carbocycles. The van der Waals surface area contributed by atoms with Gasteiger partial charge in [0, 0.05) is 29.6 Å². The number of pyridine rings is 1. The molecule has 1 aromatic heterocycles. The van der Waals surface area contributed by atoms with E-state index in [1.54, 1.807) is 18.3 Å². The zero-order chi connectivity index (χ0) is 10.4. The highest BCUT2D eigenvalue weighted by molar-refractivity contribution is 6.35. The van der Waals surface area contributed by atoms with Gasteiger partial charge in [-0.3, -0.25) is 4.98 Å². The Hall–Kier alpha value is -1.48. The van der Waals surface area contributed by atoms with E-state index in [4.69, 9.17) is 16.3 Å². The zero-order valence-corrected chi connectivity index (χ0v) is 8.58. The molecule has 1 aliphatic rings.